The zero-order chi connectivity index (χ0) is 15.1. The first-order valence-corrected chi connectivity index (χ1v) is 8.93. The van der Waals surface area contributed by atoms with Crippen LogP contribution in [0.4, 0.5) is 11.4 Å². The third-order valence-corrected chi connectivity index (χ3v) is 5.64. The fraction of sp³-hybridized carbons (Fsp3) is 0.632. The number of hydrogen-bond donors (Lipinski definition) is 0. The van der Waals surface area contributed by atoms with Gasteiger partial charge in [-0.3, -0.25) is 4.79 Å². The van der Waals surface area contributed by atoms with Crippen molar-refractivity contribution in [3.8, 4) is 0 Å². The van der Waals surface area contributed by atoms with Crippen LogP contribution in [0.3, 0.4) is 0 Å². The lowest BCUT2D eigenvalue weighted by molar-refractivity contribution is -0.122. The second kappa shape index (κ2) is 5.60. The topological polar surface area (TPSA) is 23.6 Å². The number of hydrogen-bond acceptors (Lipinski definition) is 2. The number of fused-ring (bicyclic) bond motifs is 1. The number of benzene rings is 1. The van der Waals surface area contributed by atoms with E-state index in [0.29, 0.717) is 11.8 Å². The van der Waals surface area contributed by atoms with Crippen LogP contribution in [0.15, 0.2) is 18.2 Å². The smallest absolute Gasteiger partial charge is 0.230 e. The average Bonchev–Trinajstić information content (AvgIpc) is 3.26. The van der Waals surface area contributed by atoms with Gasteiger partial charge in [-0.1, -0.05) is 13.0 Å². The van der Waals surface area contributed by atoms with Gasteiger partial charge >= 0.3 is 0 Å². The summed E-state index contributed by atoms with van der Waals surface area (Å²) in [6.07, 6.45) is 7.26. The van der Waals surface area contributed by atoms with Gasteiger partial charge in [-0.15, -0.1) is 0 Å². The van der Waals surface area contributed by atoms with Crippen molar-refractivity contribution in [2.75, 3.05) is 29.4 Å². The van der Waals surface area contributed by atoms with Crippen LogP contribution in [0.2, 0.25) is 0 Å². The fourth-order valence-corrected chi connectivity index (χ4v) is 4.01. The zero-order valence-corrected chi connectivity index (χ0v) is 13.6. The molecule has 0 N–H and O–H groups in total. The van der Waals surface area contributed by atoms with E-state index >= 15 is 0 Å². The largest absolute Gasteiger partial charge is 0.371 e. The molecule has 0 spiro atoms. The highest BCUT2D eigenvalue weighted by Gasteiger charge is 2.36. The molecule has 1 aromatic carbocycles. The lowest BCUT2D eigenvalue weighted by Gasteiger charge is -2.33. The number of carbonyl (C=O) groups is 1. The average molecular weight is 298 g/mol. The van der Waals surface area contributed by atoms with Crippen LogP contribution < -0.4 is 9.80 Å². The third-order valence-electron chi connectivity index (χ3n) is 5.64. The maximum atomic E-state index is 12.9. The monoisotopic (exact) mass is 298 g/mol. The Hall–Kier alpha value is -1.51. The standard InChI is InChI=1S/C19H26N2O/c1-14(15-6-7-15)19(22)21-12-4-5-16-8-9-17(13-18(16)21)20-10-2-3-11-20/h8-9,13-15H,2-7,10-12H2,1H3. The molecule has 0 aromatic heterocycles. The molecule has 1 aromatic rings. The minimum atomic E-state index is 0.196. The molecule has 1 saturated carbocycles. The van der Waals surface area contributed by atoms with E-state index in [0.717, 1.165) is 32.5 Å². The minimum Gasteiger partial charge on any atom is -0.371 e. The van der Waals surface area contributed by atoms with Crippen molar-refractivity contribution < 1.29 is 4.79 Å². The van der Waals surface area contributed by atoms with Crippen LogP contribution in [-0.4, -0.2) is 25.5 Å². The Kier molecular flexibility index (Phi) is 3.59. The van der Waals surface area contributed by atoms with Crippen LogP contribution in [0.25, 0.3) is 0 Å². The molecular formula is C19H26N2O. The normalized spacial score (nSPS) is 22.6. The molecule has 2 aliphatic heterocycles. The zero-order valence-electron chi connectivity index (χ0n) is 13.6. The molecule has 2 heterocycles. The van der Waals surface area contributed by atoms with E-state index < -0.39 is 0 Å². The van der Waals surface area contributed by atoms with Gasteiger partial charge in [-0.2, -0.15) is 0 Å². The maximum Gasteiger partial charge on any atom is 0.230 e. The summed E-state index contributed by atoms with van der Waals surface area (Å²) in [5, 5.41) is 0. The lowest BCUT2D eigenvalue weighted by atomic mass is 9.97. The summed E-state index contributed by atoms with van der Waals surface area (Å²) in [5.74, 6) is 1.18. The van der Waals surface area contributed by atoms with Crippen molar-refractivity contribution in [2.45, 2.75) is 45.4 Å². The summed E-state index contributed by atoms with van der Waals surface area (Å²) in [7, 11) is 0. The van der Waals surface area contributed by atoms with Crippen molar-refractivity contribution in [2.24, 2.45) is 11.8 Å². The third kappa shape index (κ3) is 2.51. The van der Waals surface area contributed by atoms with E-state index in [1.165, 1.54) is 42.6 Å². The first-order valence-electron chi connectivity index (χ1n) is 8.93. The van der Waals surface area contributed by atoms with E-state index in [1.54, 1.807) is 0 Å². The van der Waals surface area contributed by atoms with Crippen LogP contribution >= 0.6 is 0 Å². The summed E-state index contributed by atoms with van der Waals surface area (Å²) >= 11 is 0. The molecule has 2 fully saturated rings. The van der Waals surface area contributed by atoms with Crippen molar-refractivity contribution in [3.63, 3.8) is 0 Å². The molecule has 1 unspecified atom stereocenters. The van der Waals surface area contributed by atoms with Gasteiger partial charge in [0.15, 0.2) is 0 Å². The van der Waals surface area contributed by atoms with Crippen LogP contribution in [0.1, 0.15) is 44.6 Å². The summed E-state index contributed by atoms with van der Waals surface area (Å²) in [5.41, 5.74) is 3.84. The predicted octanol–water partition coefficient (Wildman–Crippen LogP) is 3.61. The van der Waals surface area contributed by atoms with Gasteiger partial charge < -0.3 is 9.80 Å². The molecule has 3 aliphatic rings. The summed E-state index contributed by atoms with van der Waals surface area (Å²) < 4.78 is 0. The Morgan fingerprint density at radius 2 is 1.91 bits per heavy atom. The maximum absolute atomic E-state index is 12.9. The molecule has 22 heavy (non-hydrogen) atoms. The predicted molar refractivity (Wildman–Crippen MR) is 90.5 cm³/mol. The van der Waals surface area contributed by atoms with Crippen molar-refractivity contribution in [1.82, 2.24) is 0 Å². The van der Waals surface area contributed by atoms with Crippen molar-refractivity contribution in [1.29, 1.82) is 0 Å². The second-order valence-corrected chi connectivity index (χ2v) is 7.23. The number of anilines is 2. The highest BCUT2D eigenvalue weighted by atomic mass is 16.2. The van der Waals surface area contributed by atoms with Crippen LogP contribution in [-0.2, 0) is 11.2 Å². The van der Waals surface area contributed by atoms with Crippen LogP contribution in [0, 0.1) is 11.8 Å². The number of nitrogens with zero attached hydrogens (tertiary/aromatic N) is 2. The summed E-state index contributed by atoms with van der Waals surface area (Å²) in [4.78, 5) is 17.4. The Bertz CT molecular complexity index is 573. The second-order valence-electron chi connectivity index (χ2n) is 7.23. The van der Waals surface area contributed by atoms with Gasteiger partial charge in [0.2, 0.25) is 5.91 Å². The van der Waals surface area contributed by atoms with Gasteiger partial charge in [0.1, 0.15) is 0 Å². The molecule has 3 nitrogen and oxygen atoms in total. The molecule has 1 atom stereocenters. The van der Waals surface area contributed by atoms with E-state index in [2.05, 4.69) is 34.9 Å². The number of aryl methyl sites for hydroxylation is 1. The summed E-state index contributed by atoms with van der Waals surface area (Å²) in [6.45, 7) is 5.33. The molecule has 3 heteroatoms. The highest BCUT2D eigenvalue weighted by Crippen LogP contribution is 2.40. The first-order chi connectivity index (χ1) is 10.7. The summed E-state index contributed by atoms with van der Waals surface area (Å²) in [6, 6.07) is 6.78. The lowest BCUT2D eigenvalue weighted by Crippen LogP contribution is -2.39. The quantitative estimate of drug-likeness (QED) is 0.851. The molecule has 118 valence electrons. The SMILES string of the molecule is CC(C(=O)N1CCCc2ccc(N3CCCC3)cc21)C1CC1. The van der Waals surface area contributed by atoms with Gasteiger partial charge in [0.05, 0.1) is 0 Å². The van der Waals surface area contributed by atoms with Gasteiger partial charge in [0.25, 0.3) is 0 Å². The van der Waals surface area contributed by atoms with E-state index in [9.17, 15) is 4.79 Å². The Labute approximate surface area is 133 Å². The van der Waals surface area contributed by atoms with Crippen molar-refractivity contribution in [3.05, 3.63) is 23.8 Å². The first kappa shape index (κ1) is 14.1. The number of rotatable bonds is 3. The Balaban J connectivity index is 1.63. The molecule has 0 radical (unpaired) electrons. The van der Waals surface area contributed by atoms with Gasteiger partial charge in [-0.05, 0) is 62.1 Å². The molecule has 0 bridgehead atoms. The van der Waals surface area contributed by atoms with Gasteiger partial charge in [0, 0.05) is 36.9 Å². The molecular weight excluding hydrogens is 272 g/mol. The van der Waals surface area contributed by atoms with E-state index in [-0.39, 0.29) is 5.92 Å². The molecule has 4 rings (SSSR count). The Morgan fingerprint density at radius 3 is 2.64 bits per heavy atom. The fourth-order valence-electron chi connectivity index (χ4n) is 4.01. The van der Waals surface area contributed by atoms with Crippen LogP contribution in [0.5, 0.6) is 0 Å². The molecule has 1 aliphatic carbocycles. The molecule has 1 saturated heterocycles. The van der Waals surface area contributed by atoms with Gasteiger partial charge in [-0.25, -0.2) is 0 Å². The minimum absolute atomic E-state index is 0.196. The number of carbonyl (C=O) groups excluding carboxylic acids is 1. The molecule has 1 amide bonds. The Morgan fingerprint density at radius 1 is 1.14 bits per heavy atom. The van der Waals surface area contributed by atoms with Crippen molar-refractivity contribution >= 4 is 17.3 Å². The van der Waals surface area contributed by atoms with E-state index in [4.69, 9.17) is 0 Å². The number of amides is 1. The van der Waals surface area contributed by atoms with E-state index in [1.807, 2.05) is 0 Å². The highest BCUT2D eigenvalue weighted by molar-refractivity contribution is 5.97.